The molecule has 9 heteroatoms. The van der Waals surface area contributed by atoms with Crippen molar-refractivity contribution in [3.8, 4) is 22.3 Å². The number of benzene rings is 1. The topological polar surface area (TPSA) is 89.2 Å². The number of sulfonamides is 1. The van der Waals surface area contributed by atoms with Gasteiger partial charge in [0.25, 0.3) is 15.9 Å². The molecule has 1 aromatic carbocycles. The van der Waals surface area contributed by atoms with Gasteiger partial charge in [-0.3, -0.25) is 9.29 Å². The third-order valence-corrected chi connectivity index (χ3v) is 7.04. The Balaban J connectivity index is 1.71. The zero-order valence-corrected chi connectivity index (χ0v) is 16.7. The molecule has 0 N–H and O–H groups in total. The number of aryl methyl sites for hydroxylation is 1. The summed E-state index contributed by atoms with van der Waals surface area (Å²) < 4.78 is 32.9. The van der Waals surface area contributed by atoms with E-state index in [1.807, 2.05) is 25.1 Å². The number of anilines is 1. The molecule has 0 amide bonds. The van der Waals surface area contributed by atoms with Gasteiger partial charge < -0.3 is 4.52 Å². The summed E-state index contributed by atoms with van der Waals surface area (Å²) in [5.74, 6) is 0.450. The Bertz CT molecular complexity index is 1200. The number of thiophene rings is 1. The van der Waals surface area contributed by atoms with E-state index in [2.05, 4.69) is 15.1 Å². The number of hydrogen-bond donors (Lipinski definition) is 0. The summed E-state index contributed by atoms with van der Waals surface area (Å²) in [6, 6.07) is 14.2. The van der Waals surface area contributed by atoms with Crippen LogP contribution in [-0.4, -0.2) is 30.6 Å². The summed E-state index contributed by atoms with van der Waals surface area (Å²) in [4.78, 5) is 9.03. The third-order valence-electron chi connectivity index (χ3n) is 4.18. The summed E-state index contributed by atoms with van der Waals surface area (Å²) >= 11 is 1.23. The summed E-state index contributed by atoms with van der Waals surface area (Å²) in [5, 5.41) is 5.62. The maximum Gasteiger partial charge on any atom is 0.269 e. The van der Waals surface area contributed by atoms with Gasteiger partial charge in [0.05, 0.1) is 5.69 Å². The van der Waals surface area contributed by atoms with E-state index in [0.29, 0.717) is 22.1 Å². The Labute approximate surface area is 166 Å². The van der Waals surface area contributed by atoms with Crippen LogP contribution in [0.5, 0.6) is 0 Å². The van der Waals surface area contributed by atoms with E-state index in [1.54, 1.807) is 41.9 Å². The maximum absolute atomic E-state index is 13.2. The molecule has 3 aromatic heterocycles. The lowest BCUT2D eigenvalue weighted by molar-refractivity contribution is 0.432. The first-order valence-corrected chi connectivity index (χ1v) is 10.7. The van der Waals surface area contributed by atoms with Gasteiger partial charge >= 0.3 is 0 Å². The normalized spacial score (nSPS) is 11.5. The van der Waals surface area contributed by atoms with Crippen molar-refractivity contribution in [1.82, 2.24) is 15.1 Å². The first kappa shape index (κ1) is 18.3. The van der Waals surface area contributed by atoms with Gasteiger partial charge in [0.15, 0.2) is 0 Å². The Hall–Kier alpha value is -3.04. The van der Waals surface area contributed by atoms with Crippen LogP contribution in [0.4, 0.5) is 5.69 Å². The molecule has 0 spiro atoms. The Morgan fingerprint density at radius 3 is 2.57 bits per heavy atom. The molecule has 0 unspecified atom stereocenters. The van der Waals surface area contributed by atoms with E-state index in [1.165, 1.54) is 22.7 Å². The summed E-state index contributed by atoms with van der Waals surface area (Å²) in [6.07, 6.45) is 1.63. The fourth-order valence-electron chi connectivity index (χ4n) is 2.61. The lowest BCUT2D eigenvalue weighted by Crippen LogP contribution is -2.26. The predicted octanol–water partition coefficient (Wildman–Crippen LogP) is 3.99. The monoisotopic (exact) mass is 412 g/mol. The average Bonchev–Trinajstić information content (AvgIpc) is 3.38. The van der Waals surface area contributed by atoms with Crippen LogP contribution in [0, 0.1) is 6.92 Å². The molecule has 142 valence electrons. The highest BCUT2D eigenvalue weighted by Gasteiger charge is 2.28. The van der Waals surface area contributed by atoms with Crippen LogP contribution in [0.3, 0.4) is 0 Å². The van der Waals surface area contributed by atoms with Crippen LogP contribution in [-0.2, 0) is 10.0 Å². The van der Waals surface area contributed by atoms with Crippen LogP contribution < -0.4 is 4.31 Å². The molecule has 0 aliphatic heterocycles. The molecule has 0 atom stereocenters. The van der Waals surface area contributed by atoms with Crippen molar-refractivity contribution in [1.29, 1.82) is 0 Å². The molecule has 3 heterocycles. The van der Waals surface area contributed by atoms with Crippen molar-refractivity contribution in [2.45, 2.75) is 11.8 Å². The molecular weight excluding hydrogens is 396 g/mol. The maximum atomic E-state index is 13.2. The number of aromatic nitrogens is 3. The first-order chi connectivity index (χ1) is 13.5. The van der Waals surface area contributed by atoms with E-state index >= 15 is 0 Å². The number of hydrogen-bond acceptors (Lipinski definition) is 7. The fraction of sp³-hybridized carbons (Fsp3) is 0.105. The van der Waals surface area contributed by atoms with Gasteiger partial charge in [-0.05, 0) is 42.6 Å². The SMILES string of the molecule is Cc1ccc(N(C)S(=O)(=O)c2ccsc2-c2nc(-c3ccccn3)no2)cc1. The smallest absolute Gasteiger partial charge is 0.269 e. The van der Waals surface area contributed by atoms with Crippen molar-refractivity contribution in [2.24, 2.45) is 0 Å². The Morgan fingerprint density at radius 2 is 1.86 bits per heavy atom. The van der Waals surface area contributed by atoms with Gasteiger partial charge in [0, 0.05) is 13.2 Å². The van der Waals surface area contributed by atoms with Crippen LogP contribution in [0.15, 0.2) is 69.5 Å². The molecule has 4 aromatic rings. The third kappa shape index (κ3) is 3.30. The zero-order chi connectivity index (χ0) is 19.7. The molecule has 0 radical (unpaired) electrons. The molecule has 0 fully saturated rings. The Kier molecular flexibility index (Phi) is 4.70. The number of pyridine rings is 1. The molecule has 0 aliphatic carbocycles. The van der Waals surface area contributed by atoms with Gasteiger partial charge in [-0.2, -0.15) is 4.98 Å². The highest BCUT2D eigenvalue weighted by Crippen LogP contribution is 2.35. The fourth-order valence-corrected chi connectivity index (χ4v) is 5.12. The summed E-state index contributed by atoms with van der Waals surface area (Å²) in [5.41, 5.74) is 2.18. The molecule has 7 nitrogen and oxygen atoms in total. The second-order valence-corrected chi connectivity index (χ2v) is 8.91. The van der Waals surface area contributed by atoms with Gasteiger partial charge in [-0.15, -0.1) is 11.3 Å². The van der Waals surface area contributed by atoms with Gasteiger partial charge in [0.2, 0.25) is 5.82 Å². The quantitative estimate of drug-likeness (QED) is 0.492. The molecule has 0 saturated heterocycles. The van der Waals surface area contributed by atoms with E-state index in [0.717, 1.165) is 5.56 Å². The minimum absolute atomic E-state index is 0.122. The van der Waals surface area contributed by atoms with E-state index in [9.17, 15) is 8.42 Å². The lowest BCUT2D eigenvalue weighted by atomic mass is 10.2. The van der Waals surface area contributed by atoms with E-state index in [4.69, 9.17) is 4.52 Å². The van der Waals surface area contributed by atoms with Crippen LogP contribution in [0.25, 0.3) is 22.3 Å². The van der Waals surface area contributed by atoms with Crippen LogP contribution in [0.2, 0.25) is 0 Å². The minimum Gasteiger partial charge on any atom is -0.333 e. The van der Waals surface area contributed by atoms with Crippen molar-refractivity contribution < 1.29 is 12.9 Å². The molecule has 28 heavy (non-hydrogen) atoms. The predicted molar refractivity (Wildman–Crippen MR) is 108 cm³/mol. The second kappa shape index (κ2) is 7.17. The van der Waals surface area contributed by atoms with Crippen molar-refractivity contribution in [2.75, 3.05) is 11.4 Å². The van der Waals surface area contributed by atoms with Crippen LogP contribution in [0.1, 0.15) is 5.56 Å². The number of rotatable bonds is 5. The first-order valence-electron chi connectivity index (χ1n) is 8.35. The van der Waals surface area contributed by atoms with Gasteiger partial charge in [0.1, 0.15) is 15.5 Å². The summed E-state index contributed by atoms with van der Waals surface area (Å²) in [7, 11) is -2.27. The molecule has 4 rings (SSSR count). The zero-order valence-electron chi connectivity index (χ0n) is 15.1. The standard InChI is InChI=1S/C19H16N4O3S2/c1-13-6-8-14(9-7-13)23(2)28(24,25)16-10-12-27-17(16)19-21-18(22-26-19)15-5-3-4-11-20-15/h3-12H,1-2H3. The molecular formula is C19H16N4O3S2. The average molecular weight is 412 g/mol. The molecule has 0 bridgehead atoms. The highest BCUT2D eigenvalue weighted by atomic mass is 32.2. The van der Waals surface area contributed by atoms with E-state index < -0.39 is 10.0 Å². The summed E-state index contributed by atoms with van der Waals surface area (Å²) in [6.45, 7) is 1.95. The van der Waals surface area contributed by atoms with Crippen molar-refractivity contribution >= 4 is 27.0 Å². The largest absolute Gasteiger partial charge is 0.333 e. The molecule has 0 aliphatic rings. The van der Waals surface area contributed by atoms with Gasteiger partial charge in [-0.25, -0.2) is 8.42 Å². The minimum atomic E-state index is -3.80. The number of nitrogens with zero attached hydrogens (tertiary/aromatic N) is 4. The molecule has 0 saturated carbocycles. The van der Waals surface area contributed by atoms with E-state index in [-0.39, 0.29) is 10.8 Å². The second-order valence-electron chi connectivity index (χ2n) is 6.06. The van der Waals surface area contributed by atoms with Crippen LogP contribution >= 0.6 is 11.3 Å². The Morgan fingerprint density at radius 1 is 1.07 bits per heavy atom. The van der Waals surface area contributed by atoms with Crippen molar-refractivity contribution in [3.63, 3.8) is 0 Å². The lowest BCUT2D eigenvalue weighted by Gasteiger charge is -2.19. The van der Waals surface area contributed by atoms with Gasteiger partial charge in [-0.1, -0.05) is 28.9 Å². The van der Waals surface area contributed by atoms with Crippen molar-refractivity contribution in [3.05, 3.63) is 65.7 Å². The highest BCUT2D eigenvalue weighted by molar-refractivity contribution is 7.93.